The number of benzene rings is 2. The lowest BCUT2D eigenvalue weighted by molar-refractivity contribution is 0.326. The Balaban J connectivity index is 1.85. The summed E-state index contributed by atoms with van der Waals surface area (Å²) in [6.45, 7) is 20.3. The van der Waals surface area contributed by atoms with E-state index in [1.165, 1.54) is 35.5 Å². The second-order valence-electron chi connectivity index (χ2n) is 11.6. The molecule has 2 aromatic rings. The lowest BCUT2D eigenvalue weighted by Gasteiger charge is -2.49. The van der Waals surface area contributed by atoms with E-state index in [1.54, 1.807) is 16.7 Å². The maximum Gasteiger partial charge on any atom is 0.0955 e. The van der Waals surface area contributed by atoms with Gasteiger partial charge in [-0.05, 0) is 71.9 Å². The molecule has 2 heterocycles. The molecule has 0 spiro atoms. The van der Waals surface area contributed by atoms with E-state index in [-0.39, 0.29) is 16.2 Å². The molecule has 0 atom stereocenters. The first kappa shape index (κ1) is 19.0. The van der Waals surface area contributed by atoms with Crippen LogP contribution in [0.4, 0.5) is 17.1 Å². The molecule has 0 N–H and O–H groups in total. The fourth-order valence-corrected chi connectivity index (χ4v) is 6.22. The number of anilines is 3. The number of para-hydroxylation sites is 1. The van der Waals surface area contributed by atoms with Gasteiger partial charge < -0.3 is 9.80 Å². The van der Waals surface area contributed by atoms with Crippen LogP contribution in [-0.2, 0) is 16.2 Å². The predicted octanol–water partition coefficient (Wildman–Crippen LogP) is 7.00. The van der Waals surface area contributed by atoms with Crippen molar-refractivity contribution >= 4 is 17.1 Å². The lowest BCUT2D eigenvalue weighted by atomic mass is 9.58. The Labute approximate surface area is 176 Å². The van der Waals surface area contributed by atoms with Crippen LogP contribution in [0, 0.1) is 0 Å². The molecule has 29 heavy (non-hydrogen) atoms. The van der Waals surface area contributed by atoms with Crippen molar-refractivity contribution in [3.05, 3.63) is 52.6 Å². The standard InChI is InChI=1S/C27H36N2/c1-17(2)28-16-29-20-13-12-18-22(26(5,6)15-14-25(18,3)4)23(20)27(7,8)19-10-9-11-21(28)24(19)29/h9-13,17H,14-16H2,1-8H3. The molecular formula is C27H36N2. The normalized spacial score (nSPS) is 22.4. The third kappa shape index (κ3) is 2.35. The highest BCUT2D eigenvalue weighted by atomic mass is 15.4. The van der Waals surface area contributed by atoms with Gasteiger partial charge >= 0.3 is 0 Å². The van der Waals surface area contributed by atoms with Crippen LogP contribution in [0.15, 0.2) is 30.3 Å². The molecule has 5 rings (SSSR count). The molecule has 154 valence electrons. The molecule has 3 aliphatic rings. The summed E-state index contributed by atoms with van der Waals surface area (Å²) in [5, 5.41) is 0. The Morgan fingerprint density at radius 1 is 0.759 bits per heavy atom. The average Bonchev–Trinajstić information content (AvgIpc) is 3.04. The molecule has 1 aliphatic carbocycles. The lowest BCUT2D eigenvalue weighted by Crippen LogP contribution is -2.41. The van der Waals surface area contributed by atoms with Crippen molar-refractivity contribution in [2.24, 2.45) is 0 Å². The fraction of sp³-hybridized carbons (Fsp3) is 0.556. The summed E-state index contributed by atoms with van der Waals surface area (Å²) in [4.78, 5) is 5.15. The maximum absolute atomic E-state index is 2.60. The molecule has 0 unspecified atom stereocenters. The van der Waals surface area contributed by atoms with Gasteiger partial charge in [-0.15, -0.1) is 0 Å². The van der Waals surface area contributed by atoms with E-state index >= 15 is 0 Å². The van der Waals surface area contributed by atoms with Gasteiger partial charge in [-0.2, -0.15) is 0 Å². The van der Waals surface area contributed by atoms with E-state index < -0.39 is 0 Å². The molecule has 0 saturated carbocycles. The highest BCUT2D eigenvalue weighted by molar-refractivity contribution is 5.91. The molecule has 0 fully saturated rings. The largest absolute Gasteiger partial charge is 0.349 e. The van der Waals surface area contributed by atoms with Gasteiger partial charge in [0, 0.05) is 17.1 Å². The van der Waals surface area contributed by atoms with E-state index in [0.717, 1.165) is 6.67 Å². The van der Waals surface area contributed by atoms with Crippen molar-refractivity contribution < 1.29 is 0 Å². The zero-order valence-electron chi connectivity index (χ0n) is 19.5. The molecule has 2 aromatic carbocycles. The van der Waals surface area contributed by atoms with Crippen LogP contribution in [0.1, 0.15) is 90.5 Å². The van der Waals surface area contributed by atoms with Crippen molar-refractivity contribution in [1.29, 1.82) is 0 Å². The van der Waals surface area contributed by atoms with Crippen LogP contribution in [0.3, 0.4) is 0 Å². The number of hydrogen-bond acceptors (Lipinski definition) is 2. The Morgan fingerprint density at radius 2 is 1.45 bits per heavy atom. The number of rotatable bonds is 1. The van der Waals surface area contributed by atoms with E-state index in [4.69, 9.17) is 0 Å². The first-order chi connectivity index (χ1) is 13.5. The van der Waals surface area contributed by atoms with Gasteiger partial charge in [0.2, 0.25) is 0 Å². The highest BCUT2D eigenvalue weighted by Gasteiger charge is 2.48. The van der Waals surface area contributed by atoms with E-state index in [9.17, 15) is 0 Å². The summed E-state index contributed by atoms with van der Waals surface area (Å²) in [5.41, 5.74) is 11.0. The predicted molar refractivity (Wildman–Crippen MR) is 125 cm³/mol. The minimum absolute atomic E-state index is 0.000198. The second kappa shape index (κ2) is 5.59. The summed E-state index contributed by atoms with van der Waals surface area (Å²) in [6, 6.07) is 12.3. The first-order valence-electron chi connectivity index (χ1n) is 11.3. The van der Waals surface area contributed by atoms with Crippen molar-refractivity contribution in [2.75, 3.05) is 16.5 Å². The van der Waals surface area contributed by atoms with Crippen molar-refractivity contribution in [3.63, 3.8) is 0 Å². The number of fused-ring (bicyclic) bond motifs is 4. The van der Waals surface area contributed by atoms with Gasteiger partial charge in [0.15, 0.2) is 0 Å². The Bertz CT molecular complexity index is 1010. The fourth-order valence-electron chi connectivity index (χ4n) is 6.22. The minimum atomic E-state index is 0.000198. The highest BCUT2D eigenvalue weighted by Crippen LogP contribution is 2.60. The SMILES string of the molecule is CC(C)N1CN2c3ccc4c(c3C(C)(C)c3cccc1c32)C(C)(C)CCC4(C)C. The monoisotopic (exact) mass is 388 g/mol. The quantitative estimate of drug-likeness (QED) is 0.519. The number of nitrogens with zero attached hydrogens (tertiary/aromatic N) is 2. The topological polar surface area (TPSA) is 6.48 Å². The zero-order valence-corrected chi connectivity index (χ0v) is 19.5. The summed E-state index contributed by atoms with van der Waals surface area (Å²) >= 11 is 0. The zero-order chi connectivity index (χ0) is 20.9. The van der Waals surface area contributed by atoms with Gasteiger partial charge in [0.1, 0.15) is 0 Å². The first-order valence-corrected chi connectivity index (χ1v) is 11.3. The number of hydrogen-bond donors (Lipinski definition) is 0. The maximum atomic E-state index is 2.60. The molecule has 0 bridgehead atoms. The summed E-state index contributed by atoms with van der Waals surface area (Å²) in [7, 11) is 0. The minimum Gasteiger partial charge on any atom is -0.349 e. The van der Waals surface area contributed by atoms with Crippen LogP contribution in [0.2, 0.25) is 0 Å². The van der Waals surface area contributed by atoms with Crippen LogP contribution >= 0.6 is 0 Å². The third-order valence-corrected chi connectivity index (χ3v) is 8.06. The molecule has 0 aromatic heterocycles. The summed E-state index contributed by atoms with van der Waals surface area (Å²) in [6.07, 6.45) is 2.52. The molecule has 2 heteroatoms. The van der Waals surface area contributed by atoms with Gasteiger partial charge in [0.25, 0.3) is 0 Å². The van der Waals surface area contributed by atoms with Gasteiger partial charge in [-0.1, -0.05) is 59.7 Å². The van der Waals surface area contributed by atoms with Crippen molar-refractivity contribution in [2.45, 2.75) is 90.5 Å². The van der Waals surface area contributed by atoms with Gasteiger partial charge in [-0.3, -0.25) is 0 Å². The van der Waals surface area contributed by atoms with Crippen LogP contribution in [-0.4, -0.2) is 12.7 Å². The molecule has 2 nitrogen and oxygen atoms in total. The van der Waals surface area contributed by atoms with Crippen LogP contribution < -0.4 is 9.80 Å². The molecule has 0 amide bonds. The smallest absolute Gasteiger partial charge is 0.0955 e. The molecule has 2 aliphatic heterocycles. The summed E-state index contributed by atoms with van der Waals surface area (Å²) < 4.78 is 0. The van der Waals surface area contributed by atoms with Crippen LogP contribution in [0.25, 0.3) is 0 Å². The second-order valence-corrected chi connectivity index (χ2v) is 11.6. The van der Waals surface area contributed by atoms with Gasteiger partial charge in [-0.25, -0.2) is 0 Å². The average molecular weight is 389 g/mol. The molecule has 0 radical (unpaired) electrons. The Kier molecular flexibility index (Phi) is 3.67. The third-order valence-electron chi connectivity index (χ3n) is 8.06. The molecule has 0 saturated heterocycles. The van der Waals surface area contributed by atoms with Crippen molar-refractivity contribution in [1.82, 2.24) is 0 Å². The van der Waals surface area contributed by atoms with E-state index in [0.29, 0.717) is 6.04 Å². The Morgan fingerprint density at radius 3 is 2.14 bits per heavy atom. The van der Waals surface area contributed by atoms with E-state index in [1.807, 2.05) is 0 Å². The Hall–Kier alpha value is -1.96. The van der Waals surface area contributed by atoms with Gasteiger partial charge in [0.05, 0.1) is 18.0 Å². The van der Waals surface area contributed by atoms with Crippen LogP contribution in [0.5, 0.6) is 0 Å². The molecular weight excluding hydrogens is 352 g/mol. The van der Waals surface area contributed by atoms with E-state index in [2.05, 4.69) is 95.5 Å². The van der Waals surface area contributed by atoms with Crippen molar-refractivity contribution in [3.8, 4) is 0 Å². The summed E-state index contributed by atoms with van der Waals surface area (Å²) in [5.74, 6) is 0.